The summed E-state index contributed by atoms with van der Waals surface area (Å²) in [4.78, 5) is 10.6. The first kappa shape index (κ1) is 14.9. The fourth-order valence-electron chi connectivity index (χ4n) is 2.03. The Kier molecular flexibility index (Phi) is 6.82. The molecule has 2 nitrogen and oxygen atoms in total. The van der Waals surface area contributed by atoms with Crippen molar-refractivity contribution in [1.82, 2.24) is 0 Å². The number of benzene rings is 1. The Morgan fingerprint density at radius 3 is 2.68 bits per heavy atom. The van der Waals surface area contributed by atoms with Gasteiger partial charge in [0.05, 0.1) is 17.3 Å². The zero-order chi connectivity index (χ0) is 13.3. The van der Waals surface area contributed by atoms with E-state index in [1.54, 1.807) is 0 Å². The summed E-state index contributed by atoms with van der Waals surface area (Å²) in [5.74, 6) is 2.42. The summed E-state index contributed by atoms with van der Waals surface area (Å²) in [7, 11) is 0. The van der Waals surface area contributed by atoms with Crippen molar-refractivity contribution in [3.8, 4) is 0 Å². The first-order chi connectivity index (χ1) is 9.40. The Morgan fingerprint density at radius 2 is 2.00 bits per heavy atom. The van der Waals surface area contributed by atoms with Crippen LogP contribution in [0, 0.1) is 0 Å². The monoisotopic (exact) mass is 296 g/mol. The number of carbonyl (C=O) groups excluding carboxylic acids is 1. The van der Waals surface area contributed by atoms with E-state index in [-0.39, 0.29) is 6.10 Å². The molecule has 1 aliphatic heterocycles. The second-order valence-electron chi connectivity index (χ2n) is 4.54. The van der Waals surface area contributed by atoms with Crippen molar-refractivity contribution < 1.29 is 9.53 Å². The molecule has 0 N–H and O–H groups in total. The normalized spacial score (nSPS) is 18.1. The molecular weight excluding hydrogens is 276 g/mol. The van der Waals surface area contributed by atoms with Gasteiger partial charge in [0.25, 0.3) is 0 Å². The number of thioether (sulfide) groups is 2. The van der Waals surface area contributed by atoms with Crippen molar-refractivity contribution in [2.45, 2.75) is 36.6 Å². The van der Waals surface area contributed by atoms with Gasteiger partial charge in [-0.25, -0.2) is 0 Å². The third-order valence-electron chi connectivity index (χ3n) is 3.03. The minimum atomic E-state index is 0.181. The van der Waals surface area contributed by atoms with Gasteiger partial charge in [-0.1, -0.05) is 30.3 Å². The Labute approximate surface area is 123 Å². The molecule has 1 heterocycles. The topological polar surface area (TPSA) is 26.3 Å². The predicted molar refractivity (Wildman–Crippen MR) is 83.6 cm³/mol. The van der Waals surface area contributed by atoms with Crippen LogP contribution in [0.1, 0.15) is 24.8 Å². The van der Waals surface area contributed by atoms with Gasteiger partial charge < -0.3 is 9.53 Å². The average molecular weight is 296 g/mol. The van der Waals surface area contributed by atoms with Gasteiger partial charge in [0.15, 0.2) is 0 Å². The van der Waals surface area contributed by atoms with Gasteiger partial charge in [0.1, 0.15) is 6.29 Å². The van der Waals surface area contributed by atoms with Crippen molar-refractivity contribution >= 4 is 29.8 Å². The highest BCUT2D eigenvalue weighted by Crippen LogP contribution is 2.35. The summed E-state index contributed by atoms with van der Waals surface area (Å²) in [5, 5.41) is 0. The van der Waals surface area contributed by atoms with Gasteiger partial charge in [0, 0.05) is 6.42 Å². The maximum Gasteiger partial charge on any atom is 0.120 e. The molecule has 0 aliphatic carbocycles. The van der Waals surface area contributed by atoms with Crippen LogP contribution in [-0.2, 0) is 16.1 Å². The van der Waals surface area contributed by atoms with Crippen molar-refractivity contribution in [2.75, 3.05) is 11.5 Å². The molecule has 0 unspecified atom stereocenters. The number of carbonyl (C=O) groups is 1. The number of aldehydes is 1. The molecule has 4 heteroatoms. The van der Waals surface area contributed by atoms with Crippen LogP contribution in [-0.4, -0.2) is 28.5 Å². The van der Waals surface area contributed by atoms with E-state index in [4.69, 9.17) is 4.74 Å². The fourth-order valence-corrected chi connectivity index (χ4v) is 5.12. The third kappa shape index (κ3) is 5.21. The molecule has 0 amide bonds. The number of hydrogen-bond acceptors (Lipinski definition) is 4. The first-order valence-electron chi connectivity index (χ1n) is 6.72. The van der Waals surface area contributed by atoms with Gasteiger partial charge in [0.2, 0.25) is 0 Å². The van der Waals surface area contributed by atoms with Gasteiger partial charge in [-0.3, -0.25) is 0 Å². The second kappa shape index (κ2) is 8.67. The van der Waals surface area contributed by atoms with E-state index in [9.17, 15) is 4.79 Å². The minimum Gasteiger partial charge on any atom is -0.371 e. The summed E-state index contributed by atoms with van der Waals surface area (Å²) in [5.41, 5.74) is 1.20. The molecule has 1 aromatic rings. The van der Waals surface area contributed by atoms with Gasteiger partial charge in [-0.2, -0.15) is 0 Å². The molecular formula is C15H20O2S2. The van der Waals surface area contributed by atoms with Crippen molar-refractivity contribution in [1.29, 1.82) is 0 Å². The summed E-state index contributed by atoms with van der Waals surface area (Å²) in [6, 6.07) is 10.2. The molecule has 1 aromatic carbocycles. The lowest BCUT2D eigenvalue weighted by molar-refractivity contribution is -0.108. The van der Waals surface area contributed by atoms with Crippen LogP contribution >= 0.6 is 23.5 Å². The van der Waals surface area contributed by atoms with Crippen LogP contribution in [0.2, 0.25) is 0 Å². The minimum absolute atomic E-state index is 0.181. The average Bonchev–Trinajstić information content (AvgIpc) is 2.49. The summed E-state index contributed by atoms with van der Waals surface area (Å²) in [6.45, 7) is 0.641. The molecule has 1 aliphatic rings. The van der Waals surface area contributed by atoms with Crippen LogP contribution in [0.5, 0.6) is 0 Å². The molecule has 1 atom stereocenters. The lowest BCUT2D eigenvalue weighted by atomic mass is 10.2. The smallest absolute Gasteiger partial charge is 0.120 e. The van der Waals surface area contributed by atoms with E-state index < -0.39 is 0 Å². The number of rotatable bonds is 7. The van der Waals surface area contributed by atoms with Crippen LogP contribution in [0.25, 0.3) is 0 Å². The van der Waals surface area contributed by atoms with Crippen LogP contribution in [0.4, 0.5) is 0 Å². The molecule has 0 aromatic heterocycles. The standard InChI is InChI=1S/C15H20O2S2/c16-9-4-8-14(15-18-10-5-11-19-15)17-12-13-6-2-1-3-7-13/h1-3,6-7,9,14-15H,4-5,8,10-12H2/t14-/m0/s1. The maximum atomic E-state index is 10.6. The van der Waals surface area contributed by atoms with E-state index in [1.807, 2.05) is 41.7 Å². The Bertz CT molecular complexity index is 364. The van der Waals surface area contributed by atoms with E-state index in [2.05, 4.69) is 12.1 Å². The van der Waals surface area contributed by atoms with Crippen LogP contribution in [0.3, 0.4) is 0 Å². The van der Waals surface area contributed by atoms with Crippen molar-refractivity contribution in [2.24, 2.45) is 0 Å². The SMILES string of the molecule is O=CCC[C@H](OCc1ccccc1)C1SCCCS1. The second-order valence-corrected chi connectivity index (χ2v) is 7.34. The highest BCUT2D eigenvalue weighted by atomic mass is 32.2. The summed E-state index contributed by atoms with van der Waals surface area (Å²) in [6.07, 6.45) is 3.89. The predicted octanol–water partition coefficient (Wildman–Crippen LogP) is 3.75. The molecule has 1 saturated heterocycles. The summed E-state index contributed by atoms with van der Waals surface area (Å²) >= 11 is 3.96. The molecule has 0 spiro atoms. The Hall–Kier alpha value is -0.450. The fraction of sp³-hybridized carbons (Fsp3) is 0.533. The first-order valence-corrected chi connectivity index (χ1v) is 8.82. The van der Waals surface area contributed by atoms with Gasteiger partial charge in [-0.15, -0.1) is 23.5 Å². The molecule has 104 valence electrons. The number of hydrogen-bond donors (Lipinski definition) is 0. The molecule has 0 saturated carbocycles. The van der Waals surface area contributed by atoms with E-state index in [1.165, 1.54) is 23.5 Å². The van der Waals surface area contributed by atoms with Gasteiger partial charge in [-0.05, 0) is 29.9 Å². The molecule has 2 rings (SSSR count). The third-order valence-corrected chi connectivity index (χ3v) is 6.16. The zero-order valence-electron chi connectivity index (χ0n) is 11.0. The quantitative estimate of drug-likeness (QED) is 0.716. The lowest BCUT2D eigenvalue weighted by Crippen LogP contribution is -2.27. The Balaban J connectivity index is 1.87. The lowest BCUT2D eigenvalue weighted by Gasteiger charge is -2.29. The molecule has 1 fully saturated rings. The molecule has 0 bridgehead atoms. The van der Waals surface area contributed by atoms with Crippen LogP contribution < -0.4 is 0 Å². The van der Waals surface area contributed by atoms with E-state index in [0.29, 0.717) is 17.6 Å². The highest BCUT2D eigenvalue weighted by molar-refractivity contribution is 8.17. The van der Waals surface area contributed by atoms with Gasteiger partial charge >= 0.3 is 0 Å². The Morgan fingerprint density at radius 1 is 1.26 bits per heavy atom. The van der Waals surface area contributed by atoms with E-state index >= 15 is 0 Å². The highest BCUT2D eigenvalue weighted by Gasteiger charge is 2.25. The van der Waals surface area contributed by atoms with Crippen molar-refractivity contribution in [3.63, 3.8) is 0 Å². The molecule has 0 radical (unpaired) electrons. The molecule has 19 heavy (non-hydrogen) atoms. The van der Waals surface area contributed by atoms with Crippen molar-refractivity contribution in [3.05, 3.63) is 35.9 Å². The number of ether oxygens (including phenoxy) is 1. The van der Waals surface area contributed by atoms with Crippen LogP contribution in [0.15, 0.2) is 30.3 Å². The maximum absolute atomic E-state index is 10.6. The van der Waals surface area contributed by atoms with E-state index in [0.717, 1.165) is 12.7 Å². The largest absolute Gasteiger partial charge is 0.371 e. The summed E-state index contributed by atoms with van der Waals surface area (Å²) < 4.78 is 6.55. The zero-order valence-corrected chi connectivity index (χ0v) is 12.6.